The molecule has 29 heavy (non-hydrogen) atoms. The van der Waals surface area contributed by atoms with Gasteiger partial charge in [-0.25, -0.2) is 0 Å². The molecule has 1 N–H and O–H groups in total. The highest BCUT2D eigenvalue weighted by atomic mass is 16.5. The van der Waals surface area contributed by atoms with Gasteiger partial charge >= 0.3 is 0 Å². The molecule has 1 aliphatic heterocycles. The number of nitrogens with one attached hydrogen (secondary N) is 1. The highest BCUT2D eigenvalue weighted by molar-refractivity contribution is 6.03. The van der Waals surface area contributed by atoms with Gasteiger partial charge in [-0.3, -0.25) is 9.59 Å². The van der Waals surface area contributed by atoms with Gasteiger partial charge in [-0.2, -0.15) is 4.68 Å². The van der Waals surface area contributed by atoms with Crippen LogP contribution < -0.4 is 15.0 Å². The lowest BCUT2D eigenvalue weighted by Crippen LogP contribution is -2.28. The van der Waals surface area contributed by atoms with Gasteiger partial charge in [0.1, 0.15) is 17.8 Å². The third-order valence-electron chi connectivity index (χ3n) is 4.88. The van der Waals surface area contributed by atoms with Gasteiger partial charge in [0.2, 0.25) is 11.8 Å². The molecule has 9 nitrogen and oxygen atoms in total. The number of benzene rings is 2. The average molecular weight is 392 g/mol. The molecule has 3 aromatic rings. The first-order valence-corrected chi connectivity index (χ1v) is 9.14. The maximum absolute atomic E-state index is 12.8. The lowest BCUT2D eigenvalue weighted by atomic mass is 10.1. The SMILES string of the molecule is COc1ccc(NC(=O)C2CC(=O)N(c3ccc(C)cc3)C2)cc1-n1cnnn1. The van der Waals surface area contributed by atoms with E-state index in [1.165, 1.54) is 11.0 Å². The summed E-state index contributed by atoms with van der Waals surface area (Å²) in [4.78, 5) is 26.9. The molecular weight excluding hydrogens is 372 g/mol. The summed E-state index contributed by atoms with van der Waals surface area (Å²) in [6.45, 7) is 2.34. The Labute approximate surface area is 167 Å². The second-order valence-corrected chi connectivity index (χ2v) is 6.87. The Hall–Kier alpha value is -3.75. The molecule has 0 aliphatic carbocycles. The van der Waals surface area contributed by atoms with Crippen LogP contribution in [-0.4, -0.2) is 45.7 Å². The minimum atomic E-state index is -0.428. The number of nitrogens with zero attached hydrogens (tertiary/aromatic N) is 5. The highest BCUT2D eigenvalue weighted by Crippen LogP contribution is 2.28. The smallest absolute Gasteiger partial charge is 0.229 e. The first-order valence-electron chi connectivity index (χ1n) is 9.14. The van der Waals surface area contributed by atoms with Crippen molar-refractivity contribution in [2.24, 2.45) is 5.92 Å². The molecule has 2 heterocycles. The lowest BCUT2D eigenvalue weighted by molar-refractivity contribution is -0.122. The van der Waals surface area contributed by atoms with E-state index in [1.54, 1.807) is 30.2 Å². The normalized spacial score (nSPS) is 16.1. The molecule has 148 valence electrons. The highest BCUT2D eigenvalue weighted by Gasteiger charge is 2.35. The van der Waals surface area contributed by atoms with Crippen molar-refractivity contribution in [1.82, 2.24) is 20.2 Å². The Kier molecular flexibility index (Phi) is 4.94. The number of amides is 2. The fourth-order valence-electron chi connectivity index (χ4n) is 3.32. The van der Waals surface area contributed by atoms with Crippen molar-refractivity contribution in [1.29, 1.82) is 0 Å². The van der Waals surface area contributed by atoms with Crippen molar-refractivity contribution in [3.63, 3.8) is 0 Å². The van der Waals surface area contributed by atoms with E-state index in [0.717, 1.165) is 11.3 Å². The van der Waals surface area contributed by atoms with Crippen LogP contribution >= 0.6 is 0 Å². The van der Waals surface area contributed by atoms with Crippen molar-refractivity contribution < 1.29 is 14.3 Å². The Morgan fingerprint density at radius 2 is 2.00 bits per heavy atom. The Morgan fingerprint density at radius 3 is 2.69 bits per heavy atom. The molecule has 0 spiro atoms. The molecule has 1 aromatic heterocycles. The number of rotatable bonds is 5. The summed E-state index contributed by atoms with van der Waals surface area (Å²) in [5.74, 6) is -0.127. The second-order valence-electron chi connectivity index (χ2n) is 6.87. The second kappa shape index (κ2) is 7.70. The summed E-state index contributed by atoms with van der Waals surface area (Å²) in [7, 11) is 1.55. The summed E-state index contributed by atoms with van der Waals surface area (Å²) < 4.78 is 6.79. The number of carbonyl (C=O) groups is 2. The lowest BCUT2D eigenvalue weighted by Gasteiger charge is -2.17. The number of ether oxygens (including phenoxy) is 1. The molecule has 9 heteroatoms. The topological polar surface area (TPSA) is 102 Å². The number of aryl methyl sites for hydroxylation is 1. The van der Waals surface area contributed by atoms with Gasteiger partial charge in [0.25, 0.3) is 0 Å². The maximum atomic E-state index is 12.8. The number of carbonyl (C=O) groups excluding carboxylic acids is 2. The quantitative estimate of drug-likeness (QED) is 0.712. The first kappa shape index (κ1) is 18.6. The van der Waals surface area contributed by atoms with Gasteiger partial charge < -0.3 is 15.0 Å². The predicted molar refractivity (Wildman–Crippen MR) is 106 cm³/mol. The third kappa shape index (κ3) is 3.79. The maximum Gasteiger partial charge on any atom is 0.229 e. The molecule has 0 radical (unpaired) electrons. The van der Waals surface area contributed by atoms with Gasteiger partial charge in [-0.05, 0) is 47.7 Å². The van der Waals surface area contributed by atoms with Gasteiger partial charge in [0.15, 0.2) is 0 Å². The van der Waals surface area contributed by atoms with Gasteiger partial charge in [0, 0.05) is 24.3 Å². The van der Waals surface area contributed by atoms with E-state index in [4.69, 9.17) is 4.74 Å². The summed E-state index contributed by atoms with van der Waals surface area (Å²) in [6, 6.07) is 12.9. The van der Waals surface area contributed by atoms with Crippen LogP contribution in [0, 0.1) is 12.8 Å². The number of anilines is 2. The van der Waals surface area contributed by atoms with Crippen molar-refractivity contribution in [2.75, 3.05) is 23.9 Å². The van der Waals surface area contributed by atoms with Crippen LogP contribution in [0.25, 0.3) is 5.69 Å². The molecule has 0 saturated carbocycles. The standard InChI is InChI=1S/C20H20N6O3/c1-13-3-6-16(7-4-13)25-11-14(9-19(25)27)20(28)22-15-5-8-18(29-2)17(10-15)26-12-21-23-24-26/h3-8,10,12,14H,9,11H2,1-2H3,(H,22,28). The number of aromatic nitrogens is 4. The molecule has 1 atom stereocenters. The number of tetrazole rings is 1. The van der Waals surface area contributed by atoms with Crippen molar-refractivity contribution >= 4 is 23.2 Å². The van der Waals surface area contributed by atoms with Crippen molar-refractivity contribution in [3.8, 4) is 11.4 Å². The molecule has 2 aromatic carbocycles. The minimum Gasteiger partial charge on any atom is -0.494 e. The van der Waals surface area contributed by atoms with Crippen LogP contribution in [0.1, 0.15) is 12.0 Å². The minimum absolute atomic E-state index is 0.0573. The van der Waals surface area contributed by atoms with Crippen LogP contribution in [0.4, 0.5) is 11.4 Å². The Balaban J connectivity index is 1.49. The van der Waals surface area contributed by atoms with Gasteiger partial charge in [-0.1, -0.05) is 17.7 Å². The zero-order valence-electron chi connectivity index (χ0n) is 16.1. The van der Waals surface area contributed by atoms with E-state index in [9.17, 15) is 9.59 Å². The Morgan fingerprint density at radius 1 is 1.21 bits per heavy atom. The third-order valence-corrected chi connectivity index (χ3v) is 4.88. The zero-order valence-corrected chi connectivity index (χ0v) is 16.1. The van der Waals surface area contributed by atoms with E-state index in [2.05, 4.69) is 20.8 Å². The number of hydrogen-bond acceptors (Lipinski definition) is 6. The molecule has 1 unspecified atom stereocenters. The zero-order chi connectivity index (χ0) is 20.4. The van der Waals surface area contributed by atoms with Crippen LogP contribution in [0.2, 0.25) is 0 Å². The Bertz CT molecular complexity index is 1030. The van der Waals surface area contributed by atoms with Crippen molar-refractivity contribution in [2.45, 2.75) is 13.3 Å². The fourth-order valence-corrected chi connectivity index (χ4v) is 3.32. The molecule has 1 aliphatic rings. The van der Waals surface area contributed by atoms with E-state index in [1.807, 2.05) is 31.2 Å². The fraction of sp³-hybridized carbons (Fsp3) is 0.250. The van der Waals surface area contributed by atoms with E-state index in [-0.39, 0.29) is 18.2 Å². The summed E-state index contributed by atoms with van der Waals surface area (Å²) in [5, 5.41) is 14.0. The van der Waals surface area contributed by atoms with Crippen LogP contribution in [-0.2, 0) is 9.59 Å². The van der Waals surface area contributed by atoms with Crippen LogP contribution in [0.3, 0.4) is 0 Å². The molecule has 2 amide bonds. The molecule has 1 fully saturated rings. The van der Waals surface area contributed by atoms with E-state index < -0.39 is 5.92 Å². The van der Waals surface area contributed by atoms with Gasteiger partial charge in [-0.15, -0.1) is 5.10 Å². The molecule has 1 saturated heterocycles. The van der Waals surface area contributed by atoms with E-state index in [0.29, 0.717) is 23.7 Å². The van der Waals surface area contributed by atoms with Gasteiger partial charge in [0.05, 0.1) is 13.0 Å². The number of hydrogen-bond donors (Lipinski definition) is 1. The van der Waals surface area contributed by atoms with E-state index >= 15 is 0 Å². The largest absolute Gasteiger partial charge is 0.494 e. The van der Waals surface area contributed by atoms with Crippen LogP contribution in [0.15, 0.2) is 48.8 Å². The summed E-state index contributed by atoms with van der Waals surface area (Å²) >= 11 is 0. The number of methoxy groups -OCH3 is 1. The van der Waals surface area contributed by atoms with Crippen molar-refractivity contribution in [3.05, 3.63) is 54.4 Å². The average Bonchev–Trinajstić information content (AvgIpc) is 3.39. The van der Waals surface area contributed by atoms with Crippen LogP contribution in [0.5, 0.6) is 5.75 Å². The summed E-state index contributed by atoms with van der Waals surface area (Å²) in [5.41, 5.74) is 3.09. The monoisotopic (exact) mass is 392 g/mol. The molecule has 0 bridgehead atoms. The predicted octanol–water partition coefficient (Wildman–Crippen LogP) is 1.97. The summed E-state index contributed by atoms with van der Waals surface area (Å²) in [6.07, 6.45) is 1.62. The molecule has 4 rings (SSSR count). The first-order chi connectivity index (χ1) is 14.0. The molecular formula is C20H20N6O3.